The summed E-state index contributed by atoms with van der Waals surface area (Å²) in [5, 5.41) is 2.71. The number of pyridine rings is 1. The van der Waals surface area contributed by atoms with Gasteiger partial charge in [0.05, 0.1) is 6.61 Å². The number of halogens is 3. The number of amides is 1. The van der Waals surface area contributed by atoms with Crippen molar-refractivity contribution in [3.8, 4) is 11.6 Å². The van der Waals surface area contributed by atoms with Crippen LogP contribution in [0.15, 0.2) is 42.6 Å². The lowest BCUT2D eigenvalue weighted by molar-refractivity contribution is -0.153. The molecule has 1 N–H and O–H groups in total. The molecule has 1 aromatic heterocycles. The van der Waals surface area contributed by atoms with E-state index in [-0.39, 0.29) is 24.1 Å². The molecule has 5 nitrogen and oxygen atoms in total. The van der Waals surface area contributed by atoms with Crippen LogP contribution in [0, 0.1) is 0 Å². The molecule has 0 aliphatic rings. The SMILES string of the molecule is CCOc1ncccc1C(=O)NCc1ccc(OCC(F)(F)F)cc1. The summed E-state index contributed by atoms with van der Waals surface area (Å²) < 4.78 is 46.2. The molecule has 2 rings (SSSR count). The zero-order valence-electron chi connectivity index (χ0n) is 13.5. The molecule has 134 valence electrons. The Morgan fingerprint density at radius 2 is 1.88 bits per heavy atom. The summed E-state index contributed by atoms with van der Waals surface area (Å²) in [4.78, 5) is 16.2. The Morgan fingerprint density at radius 3 is 2.52 bits per heavy atom. The molecular formula is C17H17F3N2O3. The molecule has 8 heteroatoms. The van der Waals surface area contributed by atoms with Gasteiger partial charge in [-0.1, -0.05) is 12.1 Å². The molecule has 0 saturated carbocycles. The average Bonchev–Trinajstić information content (AvgIpc) is 2.59. The van der Waals surface area contributed by atoms with Gasteiger partial charge in [-0.15, -0.1) is 0 Å². The topological polar surface area (TPSA) is 60.5 Å². The largest absolute Gasteiger partial charge is 0.484 e. The lowest BCUT2D eigenvalue weighted by Gasteiger charge is -2.11. The lowest BCUT2D eigenvalue weighted by Crippen LogP contribution is -2.23. The number of nitrogens with one attached hydrogen (secondary N) is 1. The minimum absolute atomic E-state index is 0.110. The maximum atomic E-state index is 12.2. The number of hydrogen-bond acceptors (Lipinski definition) is 4. The van der Waals surface area contributed by atoms with Crippen LogP contribution >= 0.6 is 0 Å². The number of alkyl halides is 3. The molecule has 0 radical (unpaired) electrons. The zero-order valence-corrected chi connectivity index (χ0v) is 13.5. The smallest absolute Gasteiger partial charge is 0.422 e. The van der Waals surface area contributed by atoms with E-state index in [0.29, 0.717) is 12.2 Å². The van der Waals surface area contributed by atoms with Crippen LogP contribution in [0.2, 0.25) is 0 Å². The third-order valence-corrected chi connectivity index (χ3v) is 3.08. The first-order valence-electron chi connectivity index (χ1n) is 7.53. The fraction of sp³-hybridized carbons (Fsp3) is 0.294. The van der Waals surface area contributed by atoms with Gasteiger partial charge < -0.3 is 14.8 Å². The van der Waals surface area contributed by atoms with Gasteiger partial charge in [0.15, 0.2) is 6.61 Å². The van der Waals surface area contributed by atoms with Crippen LogP contribution in [0.1, 0.15) is 22.8 Å². The first kappa shape index (κ1) is 18.6. The zero-order chi connectivity index (χ0) is 18.3. The number of carbonyl (C=O) groups excluding carboxylic acids is 1. The van der Waals surface area contributed by atoms with Gasteiger partial charge >= 0.3 is 6.18 Å². The monoisotopic (exact) mass is 354 g/mol. The normalized spacial score (nSPS) is 11.0. The number of nitrogens with zero attached hydrogens (tertiary/aromatic N) is 1. The number of rotatable bonds is 7. The highest BCUT2D eigenvalue weighted by molar-refractivity contribution is 5.96. The Morgan fingerprint density at radius 1 is 1.16 bits per heavy atom. The predicted octanol–water partition coefficient (Wildman–Crippen LogP) is 3.35. The molecule has 0 unspecified atom stereocenters. The third-order valence-electron chi connectivity index (χ3n) is 3.08. The van der Waals surface area contributed by atoms with E-state index in [2.05, 4.69) is 15.0 Å². The van der Waals surface area contributed by atoms with Crippen LogP contribution < -0.4 is 14.8 Å². The highest BCUT2D eigenvalue weighted by atomic mass is 19.4. The lowest BCUT2D eigenvalue weighted by atomic mass is 10.2. The number of benzene rings is 1. The molecule has 0 aliphatic carbocycles. The van der Waals surface area contributed by atoms with Gasteiger partial charge in [-0.2, -0.15) is 13.2 Å². The Bertz CT molecular complexity index is 703. The molecule has 1 amide bonds. The Balaban J connectivity index is 1.92. The van der Waals surface area contributed by atoms with Crippen LogP contribution in [-0.2, 0) is 6.54 Å². The van der Waals surface area contributed by atoms with E-state index in [0.717, 1.165) is 5.56 Å². The van der Waals surface area contributed by atoms with Crippen LogP contribution in [0.3, 0.4) is 0 Å². The number of ether oxygens (including phenoxy) is 2. The van der Waals surface area contributed by atoms with Gasteiger partial charge in [-0.3, -0.25) is 4.79 Å². The molecule has 0 bridgehead atoms. The fourth-order valence-electron chi connectivity index (χ4n) is 1.96. The van der Waals surface area contributed by atoms with Gasteiger partial charge in [0.2, 0.25) is 5.88 Å². The number of carbonyl (C=O) groups is 1. The van der Waals surface area contributed by atoms with Gasteiger partial charge in [0, 0.05) is 12.7 Å². The van der Waals surface area contributed by atoms with Crippen molar-refractivity contribution in [2.75, 3.05) is 13.2 Å². The second-order valence-electron chi connectivity index (χ2n) is 5.02. The van der Waals surface area contributed by atoms with Crippen molar-refractivity contribution in [2.45, 2.75) is 19.6 Å². The maximum absolute atomic E-state index is 12.2. The summed E-state index contributed by atoms with van der Waals surface area (Å²) >= 11 is 0. The van der Waals surface area contributed by atoms with E-state index >= 15 is 0 Å². The Labute approximate surface area is 142 Å². The molecule has 0 saturated heterocycles. The average molecular weight is 354 g/mol. The van der Waals surface area contributed by atoms with E-state index in [1.165, 1.54) is 18.3 Å². The maximum Gasteiger partial charge on any atom is 0.422 e. The third kappa shape index (κ3) is 5.98. The Kier molecular flexibility index (Phi) is 6.21. The van der Waals surface area contributed by atoms with Gasteiger partial charge in [-0.25, -0.2) is 4.98 Å². The first-order valence-corrected chi connectivity index (χ1v) is 7.53. The standard InChI is InChI=1S/C17H17F3N2O3/c1-2-24-16-14(4-3-9-21-16)15(23)22-10-12-5-7-13(8-6-12)25-11-17(18,19)20/h3-9H,2,10-11H2,1H3,(H,22,23). The second-order valence-corrected chi connectivity index (χ2v) is 5.02. The van der Waals surface area contributed by atoms with Crippen molar-refractivity contribution < 1.29 is 27.4 Å². The summed E-state index contributed by atoms with van der Waals surface area (Å²) in [6.45, 7) is 1.04. The summed E-state index contributed by atoms with van der Waals surface area (Å²) in [6.07, 6.45) is -2.85. The summed E-state index contributed by atoms with van der Waals surface area (Å²) in [6, 6.07) is 9.23. The van der Waals surface area contributed by atoms with Gasteiger partial charge in [0.25, 0.3) is 5.91 Å². The molecule has 25 heavy (non-hydrogen) atoms. The van der Waals surface area contributed by atoms with Crippen LogP contribution in [0.4, 0.5) is 13.2 Å². The van der Waals surface area contributed by atoms with Crippen LogP contribution in [-0.4, -0.2) is 30.3 Å². The second kappa shape index (κ2) is 8.36. The molecule has 1 aromatic carbocycles. The van der Waals surface area contributed by atoms with Gasteiger partial charge in [0.1, 0.15) is 11.3 Å². The highest BCUT2D eigenvalue weighted by Gasteiger charge is 2.28. The molecule has 1 heterocycles. The van der Waals surface area contributed by atoms with E-state index in [1.54, 1.807) is 31.2 Å². The van der Waals surface area contributed by atoms with Crippen molar-refractivity contribution in [2.24, 2.45) is 0 Å². The van der Waals surface area contributed by atoms with Crippen molar-refractivity contribution in [1.29, 1.82) is 0 Å². The minimum Gasteiger partial charge on any atom is -0.484 e. The van der Waals surface area contributed by atoms with Crippen LogP contribution in [0.5, 0.6) is 11.6 Å². The Hall–Kier alpha value is -2.77. The highest BCUT2D eigenvalue weighted by Crippen LogP contribution is 2.19. The van der Waals surface area contributed by atoms with E-state index in [4.69, 9.17) is 4.74 Å². The summed E-state index contributed by atoms with van der Waals surface area (Å²) in [5.74, 6) is 0.00522. The van der Waals surface area contributed by atoms with Crippen LogP contribution in [0.25, 0.3) is 0 Å². The predicted molar refractivity (Wildman–Crippen MR) is 84.6 cm³/mol. The minimum atomic E-state index is -4.38. The van der Waals surface area contributed by atoms with E-state index in [1.807, 2.05) is 0 Å². The van der Waals surface area contributed by atoms with Crippen molar-refractivity contribution >= 4 is 5.91 Å². The fourth-order valence-corrected chi connectivity index (χ4v) is 1.96. The molecule has 0 spiro atoms. The quantitative estimate of drug-likeness (QED) is 0.828. The van der Waals surface area contributed by atoms with E-state index in [9.17, 15) is 18.0 Å². The van der Waals surface area contributed by atoms with Crippen molar-refractivity contribution in [1.82, 2.24) is 10.3 Å². The number of hydrogen-bond donors (Lipinski definition) is 1. The number of aromatic nitrogens is 1. The first-order chi connectivity index (χ1) is 11.9. The van der Waals surface area contributed by atoms with Gasteiger partial charge in [-0.05, 0) is 36.8 Å². The summed E-state index contributed by atoms with van der Waals surface area (Å²) in [7, 11) is 0. The van der Waals surface area contributed by atoms with Crippen molar-refractivity contribution in [3.63, 3.8) is 0 Å². The summed E-state index contributed by atoms with van der Waals surface area (Å²) in [5.41, 5.74) is 1.03. The molecular weight excluding hydrogens is 337 g/mol. The molecule has 0 aliphatic heterocycles. The van der Waals surface area contributed by atoms with Crippen molar-refractivity contribution in [3.05, 3.63) is 53.7 Å². The molecule has 2 aromatic rings. The molecule has 0 atom stereocenters. The molecule has 0 fully saturated rings. The van der Waals surface area contributed by atoms with E-state index < -0.39 is 12.8 Å².